The highest BCUT2D eigenvalue weighted by Gasteiger charge is 2.35. The lowest BCUT2D eigenvalue weighted by Crippen LogP contribution is -2.36. The largest absolute Gasteiger partial charge is 0.439 e. The summed E-state index contributed by atoms with van der Waals surface area (Å²) in [6.07, 6.45) is -7.60. The number of aromatic amines is 1. The first-order valence-electron chi connectivity index (χ1n) is 45.5. The van der Waals surface area contributed by atoms with Gasteiger partial charge in [0.1, 0.15) is 47.3 Å². The quantitative estimate of drug-likeness (QED) is 0.00513. The summed E-state index contributed by atoms with van der Waals surface area (Å²) in [6, 6.07) is 43.1. The molecule has 20 nitrogen and oxygen atoms in total. The van der Waals surface area contributed by atoms with Gasteiger partial charge in [-0.1, -0.05) is 183 Å². The van der Waals surface area contributed by atoms with E-state index in [9.17, 15) is 79.4 Å². The SMILES string of the molecule is C.CCCCN.CCCCN(Cc1ccc(-c2noc(=O)[nH]2)c(F)c1)c1nc2ccc(C(F)(F)F)cc2s1.CCCCN(Cc1ccc(C#N)c(F)c1)c1nc2ccc(C(F)(F)F)cc2s1.CCCCN(Cc1ccc(C(N)=NO)c(F)c1)c1nc2ccc(C(F)(F)F)cc2s1.CCCCNCc1ccc(C#N)c(F)c1.CCN(C(C)C)C(C)C.FC(F)(F)c1ccc2nc(Cl)sc2c1.N#Cc1ccc(CBr)cc1F. The molecule has 0 aliphatic rings. The number of alkyl halides is 13. The van der Waals surface area contributed by atoms with Gasteiger partial charge in [0, 0.05) is 63.2 Å². The zero-order valence-electron chi connectivity index (χ0n) is 80.1. The molecule has 14 aromatic rings. The van der Waals surface area contributed by atoms with E-state index in [4.69, 9.17) is 44.1 Å². The molecule has 0 bridgehead atoms. The van der Waals surface area contributed by atoms with E-state index in [0.29, 0.717) is 136 Å². The Bertz CT molecular complexity index is 6650. The first-order chi connectivity index (χ1) is 68.3. The van der Waals surface area contributed by atoms with E-state index in [1.807, 2.05) is 35.5 Å². The van der Waals surface area contributed by atoms with Crippen LogP contribution in [-0.2, 0) is 56.2 Å². The van der Waals surface area contributed by atoms with E-state index >= 15 is 0 Å². The molecular weight excluding hydrogens is 2080 g/mol. The number of hydrogen-bond donors (Lipinski definition) is 5. The van der Waals surface area contributed by atoms with Crippen LogP contribution in [-0.4, -0.2) is 97.4 Å². The van der Waals surface area contributed by atoms with E-state index in [-0.39, 0.29) is 51.4 Å². The number of H-pyrrole nitrogens is 1. The van der Waals surface area contributed by atoms with Crippen molar-refractivity contribution in [1.29, 1.82) is 15.8 Å². The van der Waals surface area contributed by atoms with Crippen LogP contribution in [0.1, 0.15) is 213 Å². The highest BCUT2D eigenvalue weighted by Crippen LogP contribution is 2.41. The summed E-state index contributed by atoms with van der Waals surface area (Å²) >= 11 is 13.3. The number of unbranched alkanes of at least 4 members (excludes halogenated alkanes) is 5. The van der Waals surface area contributed by atoms with Crippen molar-refractivity contribution in [3.8, 4) is 29.6 Å². The van der Waals surface area contributed by atoms with Crippen molar-refractivity contribution in [2.75, 3.05) is 54.0 Å². The average molecular weight is 2190 g/mol. The van der Waals surface area contributed by atoms with Gasteiger partial charge >= 0.3 is 30.5 Å². The average Bonchev–Trinajstić information content (AvgIpc) is 1.64. The van der Waals surface area contributed by atoms with E-state index in [1.54, 1.807) is 48.5 Å². The maximum absolute atomic E-state index is 14.6. The Kier molecular flexibility index (Phi) is 49.6. The number of hydrogen-bond acceptors (Lipinski definition) is 22. The molecule has 0 fully saturated rings. The van der Waals surface area contributed by atoms with Gasteiger partial charge in [0.15, 0.2) is 31.5 Å². The molecule has 0 radical (unpaired) electrons. The molecule has 0 aliphatic heterocycles. The second kappa shape index (κ2) is 59.0. The number of halogens is 19. The third-order valence-corrected chi connectivity index (χ3v) is 26.1. The number of benzene rings is 9. The van der Waals surface area contributed by atoms with Crippen LogP contribution in [0.25, 0.3) is 52.3 Å². The Balaban J connectivity index is 0.000000267. The summed E-state index contributed by atoms with van der Waals surface area (Å²) in [5, 5.41) is 46.4. The number of nitrogens with two attached hydrogens (primary N) is 2. The minimum Gasteiger partial charge on any atom is -0.409 e. The predicted octanol–water partition coefficient (Wildman–Crippen LogP) is 29.7. The van der Waals surface area contributed by atoms with Crippen LogP contribution in [0.2, 0.25) is 4.47 Å². The summed E-state index contributed by atoms with van der Waals surface area (Å²) in [5.41, 5.74) is 13.6. The number of nitriles is 3. The zero-order valence-corrected chi connectivity index (χ0v) is 85.7. The fraction of sp³-hybridized carbons (Fsp3) is 0.373. The lowest BCUT2D eigenvalue weighted by atomic mass is 10.1. The second-order valence-corrected chi connectivity index (χ2v) is 37.9. The molecule has 0 saturated carbocycles. The number of nitrogens with zero attached hydrogens (tertiary/aromatic N) is 13. The molecule has 5 aromatic heterocycles. The van der Waals surface area contributed by atoms with Gasteiger partial charge in [-0.2, -0.15) is 68.5 Å². The van der Waals surface area contributed by atoms with Crippen molar-refractivity contribution in [3.05, 3.63) is 280 Å². The zero-order chi connectivity index (χ0) is 106. The molecular formula is C102H112BrClF17N17O3S4. The molecule has 0 unspecified atom stereocenters. The molecule has 0 aliphatic carbocycles. The summed E-state index contributed by atoms with van der Waals surface area (Å²) < 4.78 is 229. The normalized spacial score (nSPS) is 11.4. The Morgan fingerprint density at radius 3 is 1.14 bits per heavy atom. The molecule has 5 heterocycles. The van der Waals surface area contributed by atoms with Crippen LogP contribution in [0.15, 0.2) is 178 Å². The number of fused-ring (bicyclic) bond motifs is 4. The monoisotopic (exact) mass is 2190 g/mol. The van der Waals surface area contributed by atoms with E-state index < -0.39 is 81.8 Å². The molecule has 145 heavy (non-hydrogen) atoms. The minimum atomic E-state index is -4.42. The van der Waals surface area contributed by atoms with Crippen molar-refractivity contribution in [3.63, 3.8) is 0 Å². The Morgan fingerprint density at radius 1 is 0.483 bits per heavy atom. The van der Waals surface area contributed by atoms with Gasteiger partial charge in [-0.25, -0.2) is 46.7 Å². The fourth-order valence-corrected chi connectivity index (χ4v) is 18.1. The van der Waals surface area contributed by atoms with Crippen LogP contribution in [0.5, 0.6) is 0 Å². The van der Waals surface area contributed by atoms with Gasteiger partial charge in [-0.3, -0.25) is 14.4 Å². The predicted molar refractivity (Wildman–Crippen MR) is 549 cm³/mol. The first-order valence-corrected chi connectivity index (χ1v) is 50.3. The van der Waals surface area contributed by atoms with E-state index in [1.165, 1.54) is 132 Å². The van der Waals surface area contributed by atoms with Gasteiger partial charge in [0.05, 0.1) is 90.9 Å². The molecule has 14 rings (SSSR count). The highest BCUT2D eigenvalue weighted by atomic mass is 79.9. The number of anilines is 3. The van der Waals surface area contributed by atoms with Crippen LogP contribution in [0.4, 0.5) is 90.0 Å². The number of oxime groups is 1. The van der Waals surface area contributed by atoms with E-state index in [0.717, 1.165) is 142 Å². The topological polar surface area (TPSA) is 291 Å². The third-order valence-electron chi connectivity index (χ3n) is 21.1. The number of nitrogens with one attached hydrogen (secondary N) is 2. The van der Waals surface area contributed by atoms with Crippen molar-refractivity contribution in [2.24, 2.45) is 16.6 Å². The second-order valence-electron chi connectivity index (χ2n) is 32.7. The number of amidine groups is 1. The maximum atomic E-state index is 14.6. The van der Waals surface area contributed by atoms with Gasteiger partial charge in [0.25, 0.3) is 0 Å². The fourth-order valence-electron chi connectivity index (χ4n) is 13.6. The molecule has 7 N–H and O–H groups in total. The molecule has 0 saturated heterocycles. The van der Waals surface area contributed by atoms with Crippen LogP contribution >= 0.6 is 72.9 Å². The van der Waals surface area contributed by atoms with Crippen molar-refractivity contribution >= 4 is 135 Å². The summed E-state index contributed by atoms with van der Waals surface area (Å²) in [5.74, 6) is -3.80. The van der Waals surface area contributed by atoms with Gasteiger partial charge in [0.2, 0.25) is 0 Å². The van der Waals surface area contributed by atoms with Crippen LogP contribution in [0, 0.1) is 63.1 Å². The standard InChI is InChI=1S/C21H18F4N4O2S.C20H20F4N4OS.C20H17F4N3S.C12H15FN2.C8H5BrFN.C8H3ClF3NS.C8H19N.C4H11N.CH4/c1-2-3-8-29(19-26-16-7-5-13(21(23,24)25)10-17(16)32-19)11-12-4-6-14(15(22)9-12)18-27-20(30)31-28-18;1-2-3-8-28(11-12-4-6-14(15(21)9-12)18(25)27-29)19-26-16-7-5-13(20(22,23)24)10-17(16)30-19;1-2-3-8-27(12-13-4-5-14(11-25)16(21)9-13)19-26-17-7-6-15(20(22,23)24)10-18(17)28-19;1-2-3-6-15-9-10-4-5-11(8-14)12(13)7-10;9-4-6-1-2-7(5-11)8(10)3-6;9-7-13-5-2-1-4(8(10,11)12)3-6(5)14-7;1-6-9(7(2)3)8(4)5;1-2-3-4-5;/h4-7,9-10H,2-3,8,11H2,1H3,(H,27,28,30);4-7,9-10,29H,2-3,8,11H2,1H3,(H2,25,27);4-7,9-10H,2-3,8,12H2,1H3;4-5,7,15H,2-3,6,9H2,1H3;1-3H,4H2;1-3H;7-8H,6H2,1-5H3;2-5H2,1H3;1H4. The third kappa shape index (κ3) is 38.1. The Labute approximate surface area is 859 Å². The molecule has 0 amide bonds. The highest BCUT2D eigenvalue weighted by molar-refractivity contribution is 9.08. The smallest absolute Gasteiger partial charge is 0.409 e. The number of thiazole rings is 4. The molecule has 43 heteroatoms. The number of aromatic nitrogens is 6. The molecule has 0 spiro atoms. The summed E-state index contributed by atoms with van der Waals surface area (Å²) in [6.45, 7) is 28.0. The van der Waals surface area contributed by atoms with Crippen LogP contribution in [0.3, 0.4) is 0 Å². The lowest BCUT2D eigenvalue weighted by Gasteiger charge is -2.28. The minimum absolute atomic E-state index is 0. The van der Waals surface area contributed by atoms with E-state index in [2.05, 4.69) is 114 Å². The Hall–Kier alpha value is -11.9. The van der Waals surface area contributed by atoms with Crippen molar-refractivity contribution < 1.29 is 84.4 Å². The van der Waals surface area contributed by atoms with Gasteiger partial charge < -0.3 is 36.7 Å². The lowest BCUT2D eigenvalue weighted by molar-refractivity contribution is -0.138. The summed E-state index contributed by atoms with van der Waals surface area (Å²) in [4.78, 5) is 38.9. The summed E-state index contributed by atoms with van der Waals surface area (Å²) in [7, 11) is 0. The first kappa shape index (κ1) is 122. The molecule has 780 valence electrons. The molecule has 0 atom stereocenters. The van der Waals surface area contributed by atoms with Crippen molar-refractivity contribution in [1.82, 2.24) is 40.3 Å². The van der Waals surface area contributed by atoms with Gasteiger partial charge in [-0.15, -0.1) is 11.3 Å². The molecule has 9 aromatic carbocycles. The van der Waals surface area contributed by atoms with Crippen molar-refractivity contribution in [2.45, 2.75) is 209 Å². The van der Waals surface area contributed by atoms with Crippen LogP contribution < -0.4 is 37.2 Å². The Morgan fingerprint density at radius 2 is 0.828 bits per heavy atom. The maximum Gasteiger partial charge on any atom is 0.439 e. The van der Waals surface area contributed by atoms with Gasteiger partial charge in [-0.05, 0) is 241 Å². The number of rotatable bonds is 31.